The predicted molar refractivity (Wildman–Crippen MR) is 82.8 cm³/mol. The molecular weight excluding hydrogens is 260 g/mol. The number of imidazole rings is 1. The molecule has 1 aromatic heterocycles. The van der Waals surface area contributed by atoms with Gasteiger partial charge in [-0.05, 0) is 43.1 Å². The summed E-state index contributed by atoms with van der Waals surface area (Å²) in [6.07, 6.45) is 5.28. The number of thioether (sulfide) groups is 1. The Morgan fingerprint density at radius 1 is 1.33 bits per heavy atom. The minimum Gasteiger partial charge on any atom is -0.337 e. The minimum atomic E-state index is 0.423. The molecule has 0 aliphatic heterocycles. The van der Waals surface area contributed by atoms with Crippen LogP contribution in [-0.4, -0.2) is 21.6 Å². The Labute approximate surface area is 117 Å². The maximum Gasteiger partial charge on any atom is 0.177 e. The second kappa shape index (κ2) is 6.25. The van der Waals surface area contributed by atoms with Crippen molar-refractivity contribution in [3.63, 3.8) is 0 Å². The fourth-order valence-electron chi connectivity index (χ4n) is 2.07. The van der Waals surface area contributed by atoms with E-state index in [0.717, 1.165) is 16.9 Å². The van der Waals surface area contributed by atoms with Crippen LogP contribution in [0.5, 0.6) is 0 Å². The molecule has 0 radical (unpaired) electrons. The van der Waals surface area contributed by atoms with E-state index in [1.165, 1.54) is 11.3 Å². The van der Waals surface area contributed by atoms with Gasteiger partial charge in [0.1, 0.15) is 0 Å². The fraction of sp³-hybridized carbons (Fsp3) is 0.357. The highest BCUT2D eigenvalue weighted by Crippen LogP contribution is 2.25. The highest BCUT2D eigenvalue weighted by molar-refractivity contribution is 7.98. The zero-order valence-electron chi connectivity index (χ0n) is 10.7. The lowest BCUT2D eigenvalue weighted by molar-refractivity contribution is 0.533. The third kappa shape index (κ3) is 2.87. The van der Waals surface area contributed by atoms with Gasteiger partial charge in [0, 0.05) is 12.2 Å². The van der Waals surface area contributed by atoms with Crippen molar-refractivity contribution in [2.75, 3.05) is 12.0 Å². The number of H-pyrrole nitrogens is 1. The van der Waals surface area contributed by atoms with Gasteiger partial charge < -0.3 is 9.55 Å². The fourth-order valence-corrected chi connectivity index (χ4v) is 2.98. The number of aromatic amines is 1. The Bertz CT molecular complexity index is 542. The van der Waals surface area contributed by atoms with E-state index in [-0.39, 0.29) is 0 Å². The Hall–Kier alpha value is -1.00. The van der Waals surface area contributed by atoms with E-state index in [0.29, 0.717) is 6.04 Å². The molecule has 2 rings (SSSR count). The SMILES string of the molecule is CSCCC(C)n1c(-c2ccccc2)c[nH]c1=S. The monoisotopic (exact) mass is 278 g/mol. The topological polar surface area (TPSA) is 20.7 Å². The lowest BCUT2D eigenvalue weighted by atomic mass is 10.1. The predicted octanol–water partition coefficient (Wildman–Crippen LogP) is 4.53. The first kappa shape index (κ1) is 13.4. The van der Waals surface area contributed by atoms with E-state index < -0.39 is 0 Å². The quantitative estimate of drug-likeness (QED) is 0.811. The number of nitrogens with one attached hydrogen (secondary N) is 1. The lowest BCUT2D eigenvalue weighted by Gasteiger charge is -2.16. The molecule has 0 saturated heterocycles. The highest BCUT2D eigenvalue weighted by Gasteiger charge is 2.12. The van der Waals surface area contributed by atoms with Crippen molar-refractivity contribution in [3.8, 4) is 11.3 Å². The van der Waals surface area contributed by atoms with Crippen molar-refractivity contribution in [2.45, 2.75) is 19.4 Å². The summed E-state index contributed by atoms with van der Waals surface area (Å²) in [7, 11) is 0. The molecule has 0 aliphatic rings. The molecule has 4 heteroatoms. The number of hydrogen-bond donors (Lipinski definition) is 1. The normalized spacial score (nSPS) is 12.6. The first-order chi connectivity index (χ1) is 8.74. The van der Waals surface area contributed by atoms with E-state index in [1.54, 1.807) is 0 Å². The van der Waals surface area contributed by atoms with Gasteiger partial charge in [-0.1, -0.05) is 30.3 Å². The van der Waals surface area contributed by atoms with Crippen LogP contribution in [0, 0.1) is 4.77 Å². The molecule has 18 heavy (non-hydrogen) atoms. The van der Waals surface area contributed by atoms with E-state index in [1.807, 2.05) is 24.0 Å². The van der Waals surface area contributed by atoms with Gasteiger partial charge >= 0.3 is 0 Å². The Morgan fingerprint density at radius 2 is 2.06 bits per heavy atom. The smallest absolute Gasteiger partial charge is 0.177 e. The van der Waals surface area contributed by atoms with Crippen LogP contribution in [-0.2, 0) is 0 Å². The first-order valence-corrected chi connectivity index (χ1v) is 7.88. The van der Waals surface area contributed by atoms with Crippen molar-refractivity contribution >= 4 is 24.0 Å². The van der Waals surface area contributed by atoms with Crippen LogP contribution in [0.25, 0.3) is 11.3 Å². The van der Waals surface area contributed by atoms with Gasteiger partial charge in [-0.15, -0.1) is 0 Å². The summed E-state index contributed by atoms with van der Waals surface area (Å²) in [5, 5.41) is 0. The molecular formula is C14H18N2S2. The zero-order chi connectivity index (χ0) is 13.0. The highest BCUT2D eigenvalue weighted by atomic mass is 32.2. The van der Waals surface area contributed by atoms with E-state index in [9.17, 15) is 0 Å². The molecule has 1 N–H and O–H groups in total. The summed E-state index contributed by atoms with van der Waals surface area (Å²) in [5.74, 6) is 1.16. The average Bonchev–Trinajstić information content (AvgIpc) is 2.79. The number of hydrogen-bond acceptors (Lipinski definition) is 2. The van der Waals surface area contributed by atoms with Crippen LogP contribution in [0.2, 0.25) is 0 Å². The largest absolute Gasteiger partial charge is 0.337 e. The minimum absolute atomic E-state index is 0.423. The van der Waals surface area contributed by atoms with Gasteiger partial charge in [-0.25, -0.2) is 0 Å². The lowest BCUT2D eigenvalue weighted by Crippen LogP contribution is -2.07. The third-order valence-electron chi connectivity index (χ3n) is 3.06. The van der Waals surface area contributed by atoms with Crippen LogP contribution in [0.3, 0.4) is 0 Å². The van der Waals surface area contributed by atoms with Gasteiger partial charge in [-0.2, -0.15) is 11.8 Å². The van der Waals surface area contributed by atoms with Gasteiger partial charge in [0.2, 0.25) is 0 Å². The molecule has 0 saturated carbocycles. The average molecular weight is 278 g/mol. The molecule has 1 unspecified atom stereocenters. The molecule has 0 fully saturated rings. The molecule has 96 valence electrons. The maximum atomic E-state index is 5.40. The van der Waals surface area contributed by atoms with Crippen molar-refractivity contribution in [1.82, 2.24) is 9.55 Å². The summed E-state index contributed by atoms with van der Waals surface area (Å²) in [4.78, 5) is 3.16. The zero-order valence-corrected chi connectivity index (χ0v) is 12.4. The summed E-state index contributed by atoms with van der Waals surface area (Å²) in [5.41, 5.74) is 2.38. The molecule has 0 spiro atoms. The van der Waals surface area contributed by atoms with Crippen molar-refractivity contribution in [1.29, 1.82) is 0 Å². The second-order valence-electron chi connectivity index (χ2n) is 4.35. The standard InChI is InChI=1S/C14H18N2S2/c1-11(8-9-18-2)16-13(10-15-14(16)17)12-6-4-3-5-7-12/h3-7,10-11H,8-9H2,1-2H3,(H,15,17). The van der Waals surface area contributed by atoms with Crippen molar-refractivity contribution in [3.05, 3.63) is 41.3 Å². The summed E-state index contributed by atoms with van der Waals surface area (Å²) >= 11 is 7.28. The van der Waals surface area contributed by atoms with E-state index in [4.69, 9.17) is 12.2 Å². The summed E-state index contributed by atoms with van der Waals surface area (Å²) < 4.78 is 3.03. The molecule has 2 nitrogen and oxygen atoms in total. The van der Waals surface area contributed by atoms with Crippen LogP contribution >= 0.6 is 24.0 Å². The second-order valence-corrected chi connectivity index (χ2v) is 5.72. The Morgan fingerprint density at radius 3 is 2.72 bits per heavy atom. The first-order valence-electron chi connectivity index (χ1n) is 6.08. The van der Waals surface area contributed by atoms with Crippen LogP contribution in [0.1, 0.15) is 19.4 Å². The Kier molecular flexibility index (Phi) is 4.66. The third-order valence-corrected chi connectivity index (χ3v) is 4.02. The summed E-state index contributed by atoms with van der Waals surface area (Å²) in [6, 6.07) is 10.8. The van der Waals surface area contributed by atoms with Crippen LogP contribution < -0.4 is 0 Å². The molecule has 0 aliphatic carbocycles. The number of nitrogens with zero attached hydrogens (tertiary/aromatic N) is 1. The van der Waals surface area contributed by atoms with E-state index in [2.05, 4.69) is 47.0 Å². The van der Waals surface area contributed by atoms with Crippen molar-refractivity contribution < 1.29 is 0 Å². The van der Waals surface area contributed by atoms with Gasteiger partial charge in [0.25, 0.3) is 0 Å². The molecule has 1 heterocycles. The van der Waals surface area contributed by atoms with Gasteiger partial charge in [0.05, 0.1) is 5.69 Å². The number of aromatic nitrogens is 2. The number of benzene rings is 1. The Balaban J connectivity index is 2.36. The molecule has 1 aromatic carbocycles. The van der Waals surface area contributed by atoms with Gasteiger partial charge in [0.15, 0.2) is 4.77 Å². The number of rotatable bonds is 5. The molecule has 1 atom stereocenters. The van der Waals surface area contributed by atoms with Crippen molar-refractivity contribution in [2.24, 2.45) is 0 Å². The van der Waals surface area contributed by atoms with Crippen LogP contribution in [0.4, 0.5) is 0 Å². The maximum absolute atomic E-state index is 5.40. The molecule has 0 amide bonds. The van der Waals surface area contributed by atoms with E-state index >= 15 is 0 Å². The van der Waals surface area contributed by atoms with Crippen LogP contribution in [0.15, 0.2) is 36.5 Å². The molecule has 2 aromatic rings. The summed E-state index contributed by atoms with van der Waals surface area (Å²) in [6.45, 7) is 2.23. The molecule has 0 bridgehead atoms. The van der Waals surface area contributed by atoms with Gasteiger partial charge in [-0.3, -0.25) is 0 Å².